The van der Waals surface area contributed by atoms with Gasteiger partial charge in [0.2, 0.25) is 11.8 Å². The van der Waals surface area contributed by atoms with Crippen LogP contribution >= 0.6 is 0 Å². The Morgan fingerprint density at radius 3 is 2.12 bits per heavy atom. The molecule has 1 aliphatic carbocycles. The number of nitrogens with one attached hydrogen (secondary N) is 2. The van der Waals surface area contributed by atoms with Crippen molar-refractivity contribution in [1.29, 1.82) is 0 Å². The first-order chi connectivity index (χ1) is 11.7. The van der Waals surface area contributed by atoms with Crippen molar-refractivity contribution in [3.8, 4) is 0 Å². The number of hydrogen-bond donors (Lipinski definition) is 2. The second-order valence-electron chi connectivity index (χ2n) is 5.99. The zero-order valence-corrected chi connectivity index (χ0v) is 14.5. The fraction of sp³-hybridized carbons (Fsp3) is 0.438. The molecule has 0 saturated heterocycles. The normalized spacial score (nSPS) is 20.5. The molecule has 2 atom stereocenters. The van der Waals surface area contributed by atoms with E-state index < -0.39 is 39.6 Å². The molecule has 1 aromatic carbocycles. The molecule has 2 rings (SSSR count). The average Bonchev–Trinajstić information content (AvgIpc) is 2.54. The van der Waals surface area contributed by atoms with E-state index in [1.807, 2.05) is 4.72 Å². The highest BCUT2D eigenvalue weighted by atomic mass is 32.2. The van der Waals surface area contributed by atoms with Crippen LogP contribution in [-0.4, -0.2) is 26.2 Å². The van der Waals surface area contributed by atoms with Gasteiger partial charge >= 0.3 is 0 Å². The predicted molar refractivity (Wildman–Crippen MR) is 86.5 cm³/mol. The smallest absolute Gasteiger partial charge is 0.264 e. The lowest BCUT2D eigenvalue weighted by molar-refractivity contribution is -0.313. The van der Waals surface area contributed by atoms with Crippen molar-refractivity contribution in [3.63, 3.8) is 0 Å². The molecule has 0 aliphatic heterocycles. The summed E-state index contributed by atoms with van der Waals surface area (Å²) in [5.41, 5.74) is 0.342. The number of hydrogen-bond acceptors (Lipinski definition) is 6. The summed E-state index contributed by atoms with van der Waals surface area (Å²) in [6.45, 7) is 1.09. The fourth-order valence-corrected chi connectivity index (χ4v) is 3.92. The topological polar surface area (TPSA) is 132 Å². The molecule has 25 heavy (non-hydrogen) atoms. The molecule has 0 spiro atoms. The maximum absolute atomic E-state index is 12.3. The minimum atomic E-state index is -3.94. The quantitative estimate of drug-likeness (QED) is 0.753. The van der Waals surface area contributed by atoms with E-state index >= 15 is 0 Å². The lowest BCUT2D eigenvalue weighted by atomic mass is 9.78. The number of amides is 2. The molecule has 1 saturated carbocycles. The van der Waals surface area contributed by atoms with Crippen LogP contribution in [0.15, 0.2) is 29.2 Å². The summed E-state index contributed by atoms with van der Waals surface area (Å²) >= 11 is 0. The van der Waals surface area contributed by atoms with Crippen LogP contribution in [0.4, 0.5) is 5.69 Å². The van der Waals surface area contributed by atoms with Crippen LogP contribution in [0.5, 0.6) is 0 Å². The monoisotopic (exact) mass is 367 g/mol. The minimum Gasteiger partial charge on any atom is -0.550 e. The second-order valence-corrected chi connectivity index (χ2v) is 7.67. The molecule has 9 heteroatoms. The van der Waals surface area contributed by atoms with Crippen LogP contribution < -0.4 is 15.1 Å². The third-order valence-electron chi connectivity index (χ3n) is 4.12. The standard InChI is InChI=1S/C16H20N2O6S/c1-10(19)18-25(23,24)12-8-6-11(7-9-12)17-15(20)13-4-2-3-5-14(13)16(21)22/h6-9,13-14H,2-5H2,1H3,(H,17,20)(H,18,19)(H,21,22)/p-1/t13-,14+/m1/s1. The number of carbonyl (C=O) groups is 3. The van der Waals surface area contributed by atoms with E-state index in [2.05, 4.69) is 5.32 Å². The summed E-state index contributed by atoms with van der Waals surface area (Å²) < 4.78 is 25.5. The Labute approximate surface area is 145 Å². The molecular weight excluding hydrogens is 348 g/mol. The van der Waals surface area contributed by atoms with Crippen molar-refractivity contribution in [3.05, 3.63) is 24.3 Å². The zero-order valence-electron chi connectivity index (χ0n) is 13.7. The number of aliphatic carboxylic acids is 1. The van der Waals surface area contributed by atoms with Gasteiger partial charge in [-0.3, -0.25) is 9.59 Å². The molecule has 0 heterocycles. The molecule has 2 amide bonds. The largest absolute Gasteiger partial charge is 0.550 e. The first-order valence-electron chi connectivity index (χ1n) is 7.86. The van der Waals surface area contributed by atoms with Gasteiger partial charge in [0.05, 0.1) is 4.90 Å². The van der Waals surface area contributed by atoms with E-state index in [0.29, 0.717) is 18.5 Å². The molecule has 1 aromatic rings. The summed E-state index contributed by atoms with van der Waals surface area (Å²) in [6.07, 6.45) is 2.40. The summed E-state index contributed by atoms with van der Waals surface area (Å²) in [7, 11) is -3.94. The molecule has 1 aliphatic rings. The van der Waals surface area contributed by atoms with Crippen molar-refractivity contribution in [2.45, 2.75) is 37.5 Å². The van der Waals surface area contributed by atoms with E-state index in [1.165, 1.54) is 24.3 Å². The van der Waals surface area contributed by atoms with Crippen molar-refractivity contribution >= 4 is 33.5 Å². The van der Waals surface area contributed by atoms with E-state index in [1.54, 1.807) is 0 Å². The molecular formula is C16H19N2O6S-. The Morgan fingerprint density at radius 2 is 1.60 bits per heavy atom. The number of carbonyl (C=O) groups excluding carboxylic acids is 3. The van der Waals surface area contributed by atoms with Gasteiger partial charge in [0.25, 0.3) is 10.0 Å². The number of rotatable bonds is 5. The van der Waals surface area contributed by atoms with Crippen molar-refractivity contribution in [2.75, 3.05) is 5.32 Å². The average molecular weight is 367 g/mol. The number of carboxylic acids is 1. The van der Waals surface area contributed by atoms with Crippen molar-refractivity contribution in [1.82, 2.24) is 4.72 Å². The van der Waals surface area contributed by atoms with Crippen LogP contribution in [0.25, 0.3) is 0 Å². The molecule has 0 radical (unpaired) electrons. The molecule has 2 N–H and O–H groups in total. The Morgan fingerprint density at radius 1 is 1.04 bits per heavy atom. The maximum Gasteiger partial charge on any atom is 0.264 e. The first kappa shape index (κ1) is 18.9. The molecule has 8 nitrogen and oxygen atoms in total. The highest BCUT2D eigenvalue weighted by Crippen LogP contribution is 2.30. The van der Waals surface area contributed by atoms with Gasteiger partial charge in [0, 0.05) is 30.4 Å². The molecule has 0 aromatic heterocycles. The summed E-state index contributed by atoms with van der Waals surface area (Å²) in [5, 5.41) is 13.8. The number of anilines is 1. The second kappa shape index (κ2) is 7.64. The van der Waals surface area contributed by atoms with Crippen molar-refractivity contribution in [2.24, 2.45) is 11.8 Å². The van der Waals surface area contributed by atoms with Gasteiger partial charge in [-0.05, 0) is 37.1 Å². The van der Waals surface area contributed by atoms with Gasteiger partial charge < -0.3 is 15.2 Å². The zero-order chi connectivity index (χ0) is 18.6. The van der Waals surface area contributed by atoms with E-state index in [0.717, 1.165) is 19.8 Å². The predicted octanol–water partition coefficient (Wildman–Crippen LogP) is 0.00620. The Bertz CT molecular complexity index is 772. The molecule has 136 valence electrons. The lowest BCUT2D eigenvalue weighted by Crippen LogP contribution is -2.42. The van der Waals surface area contributed by atoms with E-state index in [-0.39, 0.29) is 4.90 Å². The summed E-state index contributed by atoms with van der Waals surface area (Å²) in [6, 6.07) is 5.25. The summed E-state index contributed by atoms with van der Waals surface area (Å²) in [4.78, 5) is 34.3. The Balaban J connectivity index is 2.09. The van der Waals surface area contributed by atoms with Crippen LogP contribution in [-0.2, 0) is 24.4 Å². The fourth-order valence-electron chi connectivity index (χ4n) is 2.93. The van der Waals surface area contributed by atoms with Crippen molar-refractivity contribution < 1.29 is 27.9 Å². The first-order valence-corrected chi connectivity index (χ1v) is 9.34. The van der Waals surface area contributed by atoms with E-state index in [4.69, 9.17) is 0 Å². The van der Waals surface area contributed by atoms with Crippen LogP contribution in [0.2, 0.25) is 0 Å². The molecule has 0 unspecified atom stereocenters. The van der Waals surface area contributed by atoms with Crippen LogP contribution in [0, 0.1) is 11.8 Å². The Kier molecular flexibility index (Phi) is 5.78. The highest BCUT2D eigenvalue weighted by molar-refractivity contribution is 7.90. The maximum atomic E-state index is 12.3. The summed E-state index contributed by atoms with van der Waals surface area (Å²) in [5.74, 6) is -3.83. The van der Waals surface area contributed by atoms with Gasteiger partial charge in [0.15, 0.2) is 0 Å². The number of carboxylic acid groups (broad SMARTS) is 1. The molecule has 0 bridgehead atoms. The Hall–Kier alpha value is -2.42. The highest BCUT2D eigenvalue weighted by Gasteiger charge is 2.31. The third kappa shape index (κ3) is 4.79. The van der Waals surface area contributed by atoms with Crippen LogP contribution in [0.3, 0.4) is 0 Å². The third-order valence-corrected chi connectivity index (χ3v) is 5.56. The van der Waals surface area contributed by atoms with Gasteiger partial charge in [-0.15, -0.1) is 0 Å². The van der Waals surface area contributed by atoms with Gasteiger partial charge in [-0.2, -0.15) is 0 Å². The number of benzene rings is 1. The molecule has 1 fully saturated rings. The SMILES string of the molecule is CC(=O)NS(=O)(=O)c1ccc(NC(=O)[C@@H]2CCCC[C@@H]2C(=O)[O-])cc1. The van der Waals surface area contributed by atoms with E-state index in [9.17, 15) is 27.9 Å². The number of sulfonamides is 1. The van der Waals surface area contributed by atoms with Gasteiger partial charge in [-0.1, -0.05) is 12.8 Å². The van der Waals surface area contributed by atoms with Crippen LogP contribution in [0.1, 0.15) is 32.6 Å². The minimum absolute atomic E-state index is 0.119. The lowest BCUT2D eigenvalue weighted by Gasteiger charge is -2.31. The van der Waals surface area contributed by atoms with Gasteiger partial charge in [0.1, 0.15) is 0 Å². The van der Waals surface area contributed by atoms with Gasteiger partial charge in [-0.25, -0.2) is 13.1 Å².